The Morgan fingerprint density at radius 2 is 0.770 bits per heavy atom. The van der Waals surface area contributed by atoms with Crippen LogP contribution in [0.4, 0.5) is 0 Å². The molecule has 0 aliphatic heterocycles. The van der Waals surface area contributed by atoms with Crippen LogP contribution in [-0.2, 0) is 32.7 Å². The van der Waals surface area contributed by atoms with Gasteiger partial charge in [-0.2, -0.15) is 0 Å². The summed E-state index contributed by atoms with van der Waals surface area (Å²) >= 11 is 0. The molecule has 0 aliphatic rings. The lowest BCUT2D eigenvalue weighted by atomic mass is 10.0. The Bertz CT molecular complexity index is 1480. The fourth-order valence-electron chi connectivity index (χ4n) is 8.54. The first kappa shape index (κ1) is 71.5. The molecule has 74 heavy (non-hydrogen) atoms. The molecule has 0 rings (SSSR count). The Kier molecular flexibility index (Phi) is 53.3. The van der Waals surface area contributed by atoms with Crippen molar-refractivity contribution >= 4 is 19.8 Å². The number of likely N-dealkylation sites (N-methyl/N-ethyl adjacent to an activating group) is 1. The van der Waals surface area contributed by atoms with Crippen molar-refractivity contribution < 1.29 is 42.1 Å². The molecule has 0 aromatic heterocycles. The lowest BCUT2D eigenvalue weighted by Gasteiger charge is -2.28. The van der Waals surface area contributed by atoms with E-state index in [0.29, 0.717) is 17.4 Å². The Labute approximate surface area is 457 Å². The van der Waals surface area contributed by atoms with Crippen molar-refractivity contribution in [1.82, 2.24) is 0 Å². The van der Waals surface area contributed by atoms with Gasteiger partial charge in [0.05, 0.1) is 27.7 Å². The molecule has 2 atom stereocenters. The lowest BCUT2D eigenvalue weighted by Crippen LogP contribution is -2.37. The van der Waals surface area contributed by atoms with E-state index < -0.39 is 26.5 Å². The van der Waals surface area contributed by atoms with Gasteiger partial charge in [0, 0.05) is 12.8 Å². The van der Waals surface area contributed by atoms with Crippen molar-refractivity contribution in [2.24, 2.45) is 0 Å². The number of carbonyl (C=O) groups excluding carboxylic acids is 2. The third-order valence-electron chi connectivity index (χ3n) is 13.2. The van der Waals surface area contributed by atoms with Crippen LogP contribution in [0.3, 0.4) is 0 Å². The first-order valence-corrected chi connectivity index (χ1v) is 32.1. The highest BCUT2D eigenvalue weighted by atomic mass is 31.2. The molecule has 0 spiro atoms. The summed E-state index contributed by atoms with van der Waals surface area (Å²) in [5.41, 5.74) is 0. The van der Waals surface area contributed by atoms with Crippen molar-refractivity contribution in [3.63, 3.8) is 0 Å². The van der Waals surface area contributed by atoms with E-state index in [4.69, 9.17) is 18.5 Å². The van der Waals surface area contributed by atoms with E-state index in [2.05, 4.69) is 86.8 Å². The van der Waals surface area contributed by atoms with Crippen LogP contribution in [0.5, 0.6) is 0 Å². The molecule has 0 bridgehead atoms. The number of allylic oxidation sites excluding steroid dienone is 12. The van der Waals surface area contributed by atoms with E-state index in [-0.39, 0.29) is 32.0 Å². The largest absolute Gasteiger partial charge is 0.756 e. The molecule has 0 N–H and O–H groups in total. The van der Waals surface area contributed by atoms with Gasteiger partial charge in [0.15, 0.2) is 6.10 Å². The van der Waals surface area contributed by atoms with Crippen LogP contribution >= 0.6 is 7.82 Å². The second kappa shape index (κ2) is 55.2. The topological polar surface area (TPSA) is 111 Å². The second-order valence-electron chi connectivity index (χ2n) is 21.7. The zero-order chi connectivity index (χ0) is 54.2. The van der Waals surface area contributed by atoms with Crippen LogP contribution < -0.4 is 4.89 Å². The number of hydrogen-bond acceptors (Lipinski definition) is 8. The number of phosphoric ester groups is 1. The highest BCUT2D eigenvalue weighted by molar-refractivity contribution is 7.45. The first-order valence-electron chi connectivity index (χ1n) is 30.6. The summed E-state index contributed by atoms with van der Waals surface area (Å²) < 4.78 is 34.2. The number of rotatable bonds is 56. The van der Waals surface area contributed by atoms with E-state index >= 15 is 0 Å². The Morgan fingerprint density at radius 3 is 1.15 bits per heavy atom. The molecule has 0 saturated heterocycles. The highest BCUT2D eigenvalue weighted by Crippen LogP contribution is 2.38. The maximum absolute atomic E-state index is 12.8. The molecule has 0 radical (unpaired) electrons. The number of carbonyl (C=O) groups is 2. The van der Waals surface area contributed by atoms with Crippen molar-refractivity contribution in [3.8, 4) is 0 Å². The molecule has 0 saturated carbocycles. The first-order chi connectivity index (χ1) is 36.0. The summed E-state index contributed by atoms with van der Waals surface area (Å²) in [5.74, 6) is -0.824. The van der Waals surface area contributed by atoms with Crippen LogP contribution in [0.25, 0.3) is 0 Å². The van der Waals surface area contributed by atoms with E-state index in [1.54, 1.807) is 0 Å². The average Bonchev–Trinajstić information content (AvgIpc) is 3.36. The molecule has 430 valence electrons. The van der Waals surface area contributed by atoms with E-state index in [1.807, 2.05) is 21.1 Å². The maximum Gasteiger partial charge on any atom is 0.306 e. The van der Waals surface area contributed by atoms with Crippen LogP contribution in [-0.4, -0.2) is 70.0 Å². The standard InChI is InChI=1S/C64H116NO8P/c1-6-8-10-12-14-16-18-20-22-24-25-26-27-28-29-30-31-32-33-34-35-36-37-38-39-41-43-45-47-49-51-53-55-57-64(67)73-62(61-72-74(68,69)71-59-58-65(3,4)5)60-70-63(66)56-54-52-50-48-46-44-42-40-23-21-19-17-15-13-11-9-7-2/h8,10,14,16,20,22,25-26,28-29,31-32,62H,6-7,9,11-13,15,17-19,21,23-24,27,30,33-61H2,1-5H3/b10-8-,16-14-,22-20-,26-25-,29-28-,32-31-. The van der Waals surface area contributed by atoms with E-state index in [1.165, 1.54) is 161 Å². The van der Waals surface area contributed by atoms with Gasteiger partial charge >= 0.3 is 11.9 Å². The molecule has 10 heteroatoms. The van der Waals surface area contributed by atoms with E-state index in [0.717, 1.165) is 77.0 Å². The zero-order valence-corrected chi connectivity index (χ0v) is 49.7. The number of quaternary nitrogens is 1. The van der Waals surface area contributed by atoms with Crippen molar-refractivity contribution in [1.29, 1.82) is 0 Å². The summed E-state index contributed by atoms with van der Waals surface area (Å²) in [6.07, 6.45) is 72.4. The summed E-state index contributed by atoms with van der Waals surface area (Å²) in [7, 11) is 1.17. The molecule has 2 unspecified atom stereocenters. The number of ether oxygens (including phenoxy) is 2. The van der Waals surface area contributed by atoms with Gasteiger partial charge in [0.2, 0.25) is 0 Å². The smallest absolute Gasteiger partial charge is 0.306 e. The number of nitrogens with zero attached hydrogens (tertiary/aromatic N) is 1. The molecule has 0 fully saturated rings. The molecule has 0 aromatic carbocycles. The van der Waals surface area contributed by atoms with Crippen molar-refractivity contribution in [2.45, 2.75) is 277 Å². The monoisotopic (exact) mass is 1060 g/mol. The second-order valence-corrected chi connectivity index (χ2v) is 23.1. The van der Waals surface area contributed by atoms with Gasteiger partial charge in [-0.3, -0.25) is 14.2 Å². The number of esters is 2. The predicted octanol–water partition coefficient (Wildman–Crippen LogP) is 18.6. The highest BCUT2D eigenvalue weighted by Gasteiger charge is 2.22. The molecule has 0 aliphatic carbocycles. The summed E-state index contributed by atoms with van der Waals surface area (Å²) in [4.78, 5) is 37.9. The van der Waals surface area contributed by atoms with Crippen LogP contribution in [0, 0.1) is 0 Å². The van der Waals surface area contributed by atoms with Crippen molar-refractivity contribution in [2.75, 3.05) is 47.5 Å². The minimum atomic E-state index is -4.64. The van der Waals surface area contributed by atoms with Gasteiger partial charge in [-0.1, -0.05) is 267 Å². The van der Waals surface area contributed by atoms with E-state index in [9.17, 15) is 19.0 Å². The quantitative estimate of drug-likeness (QED) is 0.0195. The lowest BCUT2D eigenvalue weighted by molar-refractivity contribution is -0.870. The number of hydrogen-bond donors (Lipinski definition) is 0. The number of phosphoric acid groups is 1. The van der Waals surface area contributed by atoms with Crippen LogP contribution in [0.1, 0.15) is 271 Å². The fraction of sp³-hybridized carbons (Fsp3) is 0.781. The predicted molar refractivity (Wildman–Crippen MR) is 314 cm³/mol. The molecule has 9 nitrogen and oxygen atoms in total. The molecular weight excluding hydrogens is 942 g/mol. The van der Waals surface area contributed by atoms with Gasteiger partial charge < -0.3 is 27.9 Å². The van der Waals surface area contributed by atoms with Crippen LogP contribution in [0.15, 0.2) is 72.9 Å². The molecule has 0 amide bonds. The average molecular weight is 1060 g/mol. The fourth-order valence-corrected chi connectivity index (χ4v) is 9.27. The van der Waals surface area contributed by atoms with Gasteiger partial charge in [0.1, 0.15) is 19.8 Å². The molecule has 0 heterocycles. The zero-order valence-electron chi connectivity index (χ0n) is 48.8. The molecule has 0 aromatic rings. The van der Waals surface area contributed by atoms with Crippen LogP contribution in [0.2, 0.25) is 0 Å². The SMILES string of the molecule is CC/C=C\C/C=C\C/C=C\C/C=C\C/C=C\C/C=C\CCCCCCCCCCCCCCCCC(=O)OC(COC(=O)CCCCCCCCCCCCCCCCCCC)COP(=O)([O-])OCC[N+](C)(C)C. The summed E-state index contributed by atoms with van der Waals surface area (Å²) in [5, 5.41) is 0. The van der Waals surface area contributed by atoms with Gasteiger partial charge in [0.25, 0.3) is 7.82 Å². The third-order valence-corrected chi connectivity index (χ3v) is 14.2. The number of unbranched alkanes of at least 4 members (excludes halogenated alkanes) is 30. The summed E-state index contributed by atoms with van der Waals surface area (Å²) in [6, 6.07) is 0. The van der Waals surface area contributed by atoms with Crippen molar-refractivity contribution in [3.05, 3.63) is 72.9 Å². The van der Waals surface area contributed by atoms with Gasteiger partial charge in [-0.25, -0.2) is 0 Å². The maximum atomic E-state index is 12.8. The minimum absolute atomic E-state index is 0.0309. The third kappa shape index (κ3) is 58.7. The Hall–Kier alpha value is -2.55. The Morgan fingerprint density at radius 1 is 0.432 bits per heavy atom. The summed E-state index contributed by atoms with van der Waals surface area (Å²) in [6.45, 7) is 4.16. The normalized spacial score (nSPS) is 13.8. The molecular formula is C64H116NO8P. The Balaban J connectivity index is 4.07. The van der Waals surface area contributed by atoms with Gasteiger partial charge in [-0.05, 0) is 64.2 Å². The minimum Gasteiger partial charge on any atom is -0.756 e. The van der Waals surface area contributed by atoms with Gasteiger partial charge in [-0.15, -0.1) is 0 Å².